The Morgan fingerprint density at radius 1 is 1.07 bits per heavy atom. The summed E-state index contributed by atoms with van der Waals surface area (Å²) in [6.45, 7) is -1.49. The molecular weight excluding hydrogens is 397 g/mol. The van der Waals surface area contributed by atoms with Crippen molar-refractivity contribution in [2.24, 2.45) is 0 Å². The first-order valence-corrected chi connectivity index (χ1v) is 9.85. The van der Waals surface area contributed by atoms with Crippen LogP contribution in [0.3, 0.4) is 0 Å². The summed E-state index contributed by atoms with van der Waals surface area (Å²) in [5, 5.41) is 2.47. The standard InChI is InChI=1S/C18H17F3N2O4S/c19-18(20,21)11-27-16-4-2-1-3-15(16)22-17(24)12-5-9-14(10-6-12)28(25,26)23-13-7-8-13/h1-6,9-10,13,23H,7-8,11H2,(H,22,24). The minimum absolute atomic E-state index is 0.0323. The molecular formula is C18H17F3N2O4S. The first kappa shape index (κ1) is 20.2. The van der Waals surface area contributed by atoms with Gasteiger partial charge < -0.3 is 10.1 Å². The molecule has 0 unspecified atom stereocenters. The highest BCUT2D eigenvalue weighted by Gasteiger charge is 2.29. The molecule has 6 nitrogen and oxygen atoms in total. The van der Waals surface area contributed by atoms with Crippen molar-refractivity contribution in [2.45, 2.75) is 30.0 Å². The third-order valence-corrected chi connectivity index (χ3v) is 5.39. The number of anilines is 1. The normalized spacial score (nSPS) is 14.5. The lowest BCUT2D eigenvalue weighted by Crippen LogP contribution is -2.25. The van der Waals surface area contributed by atoms with Crippen molar-refractivity contribution in [3.8, 4) is 5.75 Å². The second kappa shape index (κ2) is 7.80. The minimum atomic E-state index is -4.51. The zero-order valence-electron chi connectivity index (χ0n) is 14.5. The lowest BCUT2D eigenvalue weighted by atomic mass is 10.2. The molecule has 1 amide bonds. The maximum atomic E-state index is 12.4. The van der Waals surface area contributed by atoms with Crippen LogP contribution in [0.5, 0.6) is 5.75 Å². The second-order valence-corrected chi connectivity index (χ2v) is 7.99. The topological polar surface area (TPSA) is 84.5 Å². The van der Waals surface area contributed by atoms with E-state index >= 15 is 0 Å². The predicted octanol–water partition coefficient (Wildman–Crippen LogP) is 3.32. The molecule has 0 bridgehead atoms. The molecule has 1 saturated carbocycles. The molecule has 1 aliphatic carbocycles. The molecule has 0 heterocycles. The number of nitrogens with one attached hydrogen (secondary N) is 2. The lowest BCUT2D eigenvalue weighted by molar-refractivity contribution is -0.153. The molecule has 0 atom stereocenters. The average molecular weight is 414 g/mol. The van der Waals surface area contributed by atoms with Gasteiger partial charge in [0.15, 0.2) is 6.61 Å². The van der Waals surface area contributed by atoms with Crippen LogP contribution in [-0.2, 0) is 10.0 Å². The van der Waals surface area contributed by atoms with Gasteiger partial charge in [0, 0.05) is 11.6 Å². The van der Waals surface area contributed by atoms with Gasteiger partial charge in [-0.15, -0.1) is 0 Å². The van der Waals surface area contributed by atoms with Gasteiger partial charge in [0.2, 0.25) is 10.0 Å². The fraction of sp³-hybridized carbons (Fsp3) is 0.278. The highest BCUT2D eigenvalue weighted by molar-refractivity contribution is 7.89. The Morgan fingerprint density at radius 2 is 1.71 bits per heavy atom. The van der Waals surface area contributed by atoms with Crippen LogP contribution in [0.2, 0.25) is 0 Å². The number of hydrogen-bond acceptors (Lipinski definition) is 4. The van der Waals surface area contributed by atoms with E-state index in [9.17, 15) is 26.4 Å². The van der Waals surface area contributed by atoms with Crippen molar-refractivity contribution < 1.29 is 31.1 Å². The number of halogens is 3. The van der Waals surface area contributed by atoms with Crippen LogP contribution in [-0.4, -0.2) is 33.1 Å². The van der Waals surface area contributed by atoms with Gasteiger partial charge in [0.1, 0.15) is 5.75 Å². The van der Waals surface area contributed by atoms with E-state index in [1.165, 1.54) is 48.5 Å². The van der Waals surface area contributed by atoms with Crippen LogP contribution in [0, 0.1) is 0 Å². The van der Waals surface area contributed by atoms with Gasteiger partial charge in [-0.2, -0.15) is 13.2 Å². The van der Waals surface area contributed by atoms with E-state index in [0.717, 1.165) is 12.8 Å². The van der Waals surface area contributed by atoms with Crippen LogP contribution in [0.1, 0.15) is 23.2 Å². The Balaban J connectivity index is 1.70. The summed E-state index contributed by atoms with van der Waals surface area (Å²) in [5.74, 6) is -0.733. The van der Waals surface area contributed by atoms with Crippen molar-refractivity contribution in [1.82, 2.24) is 4.72 Å². The molecule has 3 rings (SSSR count). The maximum absolute atomic E-state index is 12.4. The molecule has 0 spiro atoms. The van der Waals surface area contributed by atoms with Crippen LogP contribution in [0.25, 0.3) is 0 Å². The number of para-hydroxylation sites is 2. The number of alkyl halides is 3. The van der Waals surface area contributed by atoms with Gasteiger partial charge in [-0.05, 0) is 49.2 Å². The predicted molar refractivity (Wildman–Crippen MR) is 95.7 cm³/mol. The monoisotopic (exact) mass is 414 g/mol. The first-order chi connectivity index (χ1) is 13.1. The number of rotatable bonds is 7. The molecule has 2 N–H and O–H groups in total. The molecule has 2 aromatic carbocycles. The summed E-state index contributed by atoms with van der Waals surface area (Å²) in [7, 11) is -3.63. The maximum Gasteiger partial charge on any atom is 0.422 e. The van der Waals surface area contributed by atoms with Gasteiger partial charge in [-0.1, -0.05) is 12.1 Å². The van der Waals surface area contributed by atoms with Crippen molar-refractivity contribution in [3.05, 3.63) is 54.1 Å². The van der Waals surface area contributed by atoms with Gasteiger partial charge >= 0.3 is 6.18 Å². The summed E-state index contributed by atoms with van der Waals surface area (Å²) in [6, 6.07) is 10.9. The summed E-state index contributed by atoms with van der Waals surface area (Å²) in [5.41, 5.74) is 0.222. The third kappa shape index (κ3) is 5.46. The zero-order chi connectivity index (χ0) is 20.4. The molecule has 150 valence electrons. The smallest absolute Gasteiger partial charge is 0.422 e. The first-order valence-electron chi connectivity index (χ1n) is 8.36. The van der Waals surface area contributed by atoms with Crippen molar-refractivity contribution in [2.75, 3.05) is 11.9 Å². The summed E-state index contributed by atoms with van der Waals surface area (Å²) < 4.78 is 68.6. The fourth-order valence-electron chi connectivity index (χ4n) is 2.32. The van der Waals surface area contributed by atoms with E-state index in [1.807, 2.05) is 0 Å². The van der Waals surface area contributed by atoms with Gasteiger partial charge in [-0.25, -0.2) is 13.1 Å². The van der Waals surface area contributed by atoms with E-state index in [-0.39, 0.29) is 27.9 Å². The number of amides is 1. The highest BCUT2D eigenvalue weighted by Crippen LogP contribution is 2.27. The Morgan fingerprint density at radius 3 is 2.32 bits per heavy atom. The lowest BCUT2D eigenvalue weighted by Gasteiger charge is -2.14. The van der Waals surface area contributed by atoms with E-state index in [2.05, 4.69) is 10.0 Å². The van der Waals surface area contributed by atoms with Crippen LogP contribution >= 0.6 is 0 Å². The Bertz CT molecular complexity index is 956. The Hall–Kier alpha value is -2.59. The largest absolute Gasteiger partial charge is 0.482 e. The second-order valence-electron chi connectivity index (χ2n) is 6.27. The molecule has 1 aliphatic rings. The van der Waals surface area contributed by atoms with Crippen LogP contribution in [0.15, 0.2) is 53.4 Å². The molecule has 10 heteroatoms. The number of benzene rings is 2. The third-order valence-electron chi connectivity index (χ3n) is 3.85. The molecule has 1 fully saturated rings. The average Bonchev–Trinajstić information content (AvgIpc) is 3.43. The molecule has 0 aromatic heterocycles. The van der Waals surface area contributed by atoms with Crippen molar-refractivity contribution in [3.63, 3.8) is 0 Å². The van der Waals surface area contributed by atoms with E-state index in [0.29, 0.717) is 0 Å². The van der Waals surface area contributed by atoms with Gasteiger partial charge in [0.25, 0.3) is 5.91 Å². The Kier molecular flexibility index (Phi) is 5.61. The highest BCUT2D eigenvalue weighted by atomic mass is 32.2. The number of carbonyl (C=O) groups is 1. The minimum Gasteiger partial charge on any atom is -0.482 e. The molecule has 0 saturated heterocycles. The molecule has 0 aliphatic heterocycles. The van der Waals surface area contributed by atoms with E-state index < -0.39 is 28.7 Å². The molecule has 2 aromatic rings. The number of carbonyl (C=O) groups excluding carboxylic acids is 1. The van der Waals surface area contributed by atoms with Gasteiger partial charge in [0.05, 0.1) is 10.6 Å². The van der Waals surface area contributed by atoms with Crippen molar-refractivity contribution in [1.29, 1.82) is 0 Å². The van der Waals surface area contributed by atoms with E-state index in [4.69, 9.17) is 4.74 Å². The Labute approximate surface area is 159 Å². The summed E-state index contributed by atoms with van der Waals surface area (Å²) >= 11 is 0. The summed E-state index contributed by atoms with van der Waals surface area (Å²) in [4.78, 5) is 12.4. The number of hydrogen-bond donors (Lipinski definition) is 2. The zero-order valence-corrected chi connectivity index (χ0v) is 15.3. The quantitative estimate of drug-likeness (QED) is 0.728. The number of sulfonamides is 1. The van der Waals surface area contributed by atoms with Crippen LogP contribution < -0.4 is 14.8 Å². The number of ether oxygens (including phenoxy) is 1. The van der Waals surface area contributed by atoms with E-state index in [1.54, 1.807) is 0 Å². The molecule has 28 heavy (non-hydrogen) atoms. The van der Waals surface area contributed by atoms with Crippen molar-refractivity contribution >= 4 is 21.6 Å². The molecule has 0 radical (unpaired) electrons. The van der Waals surface area contributed by atoms with Crippen LogP contribution in [0.4, 0.5) is 18.9 Å². The fourth-order valence-corrected chi connectivity index (χ4v) is 3.63. The van der Waals surface area contributed by atoms with Gasteiger partial charge in [-0.3, -0.25) is 4.79 Å². The summed E-state index contributed by atoms with van der Waals surface area (Å²) in [6.07, 6.45) is -2.90. The SMILES string of the molecule is O=C(Nc1ccccc1OCC(F)(F)F)c1ccc(S(=O)(=O)NC2CC2)cc1.